The van der Waals surface area contributed by atoms with Gasteiger partial charge in [0.1, 0.15) is 5.82 Å². The van der Waals surface area contributed by atoms with Gasteiger partial charge in [-0.05, 0) is 51.0 Å². The number of nitrogens with one attached hydrogen (secondary N) is 1. The molecule has 2 heterocycles. The maximum atomic E-state index is 12.8. The molecule has 0 spiro atoms. The van der Waals surface area contributed by atoms with E-state index in [0.29, 0.717) is 12.1 Å². The van der Waals surface area contributed by atoms with Crippen molar-refractivity contribution in [3.63, 3.8) is 0 Å². The zero-order valence-corrected chi connectivity index (χ0v) is 16.7. The van der Waals surface area contributed by atoms with Gasteiger partial charge in [0.2, 0.25) is 0 Å². The van der Waals surface area contributed by atoms with Crippen molar-refractivity contribution in [1.29, 1.82) is 0 Å². The number of aromatic amines is 1. The fourth-order valence-electron chi connectivity index (χ4n) is 3.51. The topological polar surface area (TPSA) is 75.3 Å². The summed E-state index contributed by atoms with van der Waals surface area (Å²) in [6.07, 6.45) is -0.0424. The SMILES string of the molecule is Cc1nc(-c2ccc(C(=O)OC(C)C(=O)N3CCc4ccccc43)cc2)[nH]c1C. The molecule has 6 heteroatoms. The molecule has 1 atom stereocenters. The van der Waals surface area contributed by atoms with Crippen molar-refractivity contribution in [2.45, 2.75) is 33.3 Å². The molecule has 0 saturated carbocycles. The van der Waals surface area contributed by atoms with Crippen LogP contribution in [0.2, 0.25) is 0 Å². The summed E-state index contributed by atoms with van der Waals surface area (Å²) in [5.74, 6) is 0.0364. The molecule has 0 aliphatic carbocycles. The Morgan fingerprint density at radius 1 is 1.10 bits per heavy atom. The third-order valence-corrected chi connectivity index (χ3v) is 5.31. The van der Waals surface area contributed by atoms with E-state index in [1.165, 1.54) is 0 Å². The Morgan fingerprint density at radius 3 is 2.52 bits per heavy atom. The molecule has 29 heavy (non-hydrogen) atoms. The molecule has 4 rings (SSSR count). The highest BCUT2D eigenvalue weighted by Crippen LogP contribution is 2.28. The Morgan fingerprint density at radius 2 is 1.83 bits per heavy atom. The van der Waals surface area contributed by atoms with E-state index in [-0.39, 0.29) is 5.91 Å². The van der Waals surface area contributed by atoms with E-state index in [1.54, 1.807) is 24.0 Å². The Labute approximate surface area is 169 Å². The summed E-state index contributed by atoms with van der Waals surface area (Å²) < 4.78 is 5.44. The number of nitrogens with zero attached hydrogens (tertiary/aromatic N) is 2. The lowest BCUT2D eigenvalue weighted by Gasteiger charge is -2.21. The van der Waals surface area contributed by atoms with Gasteiger partial charge in [-0.1, -0.05) is 30.3 Å². The molecule has 1 N–H and O–H groups in total. The van der Waals surface area contributed by atoms with Gasteiger partial charge in [-0.15, -0.1) is 0 Å². The van der Waals surface area contributed by atoms with Crippen LogP contribution in [0.4, 0.5) is 5.69 Å². The van der Waals surface area contributed by atoms with Crippen LogP contribution in [0.25, 0.3) is 11.4 Å². The summed E-state index contributed by atoms with van der Waals surface area (Å²) in [4.78, 5) is 34.7. The van der Waals surface area contributed by atoms with Crippen molar-refractivity contribution >= 4 is 17.6 Å². The number of hydrogen-bond donors (Lipinski definition) is 1. The molecule has 2 aromatic carbocycles. The van der Waals surface area contributed by atoms with E-state index in [0.717, 1.165) is 40.4 Å². The second-order valence-corrected chi connectivity index (χ2v) is 7.29. The molecule has 0 fully saturated rings. The molecule has 0 radical (unpaired) electrons. The third-order valence-electron chi connectivity index (χ3n) is 5.31. The van der Waals surface area contributed by atoms with Gasteiger partial charge in [0.15, 0.2) is 6.10 Å². The highest BCUT2D eigenvalue weighted by molar-refractivity contribution is 6.00. The van der Waals surface area contributed by atoms with Gasteiger partial charge in [0.05, 0.1) is 11.3 Å². The minimum atomic E-state index is -0.858. The lowest BCUT2D eigenvalue weighted by atomic mass is 10.1. The van der Waals surface area contributed by atoms with Crippen LogP contribution in [0, 0.1) is 13.8 Å². The largest absolute Gasteiger partial charge is 0.449 e. The molecule has 0 saturated heterocycles. The quantitative estimate of drug-likeness (QED) is 0.688. The number of para-hydroxylation sites is 1. The summed E-state index contributed by atoms with van der Waals surface area (Å²) in [6, 6.07) is 14.8. The van der Waals surface area contributed by atoms with Crippen LogP contribution in [-0.2, 0) is 16.0 Å². The number of benzene rings is 2. The Hall–Kier alpha value is -3.41. The first kappa shape index (κ1) is 18.9. The minimum Gasteiger partial charge on any atom is -0.449 e. The van der Waals surface area contributed by atoms with Gasteiger partial charge >= 0.3 is 5.97 Å². The van der Waals surface area contributed by atoms with Gasteiger partial charge in [-0.25, -0.2) is 9.78 Å². The van der Waals surface area contributed by atoms with E-state index in [2.05, 4.69) is 9.97 Å². The number of imidazole rings is 1. The number of anilines is 1. The highest BCUT2D eigenvalue weighted by Gasteiger charge is 2.29. The van der Waals surface area contributed by atoms with Gasteiger partial charge < -0.3 is 14.6 Å². The molecule has 3 aromatic rings. The fourth-order valence-corrected chi connectivity index (χ4v) is 3.51. The number of hydrogen-bond acceptors (Lipinski definition) is 4. The number of amides is 1. The van der Waals surface area contributed by atoms with Crippen molar-refractivity contribution in [3.8, 4) is 11.4 Å². The number of rotatable bonds is 4. The summed E-state index contributed by atoms with van der Waals surface area (Å²) in [6.45, 7) is 6.13. The predicted octanol–water partition coefficient (Wildman–Crippen LogP) is 3.83. The molecular weight excluding hydrogens is 366 g/mol. The molecule has 1 aliphatic heterocycles. The number of ether oxygens (including phenoxy) is 1. The van der Waals surface area contributed by atoms with Crippen LogP contribution >= 0.6 is 0 Å². The highest BCUT2D eigenvalue weighted by atomic mass is 16.5. The monoisotopic (exact) mass is 389 g/mol. The molecule has 148 valence electrons. The van der Waals surface area contributed by atoms with Crippen LogP contribution in [0.5, 0.6) is 0 Å². The van der Waals surface area contributed by atoms with E-state index < -0.39 is 12.1 Å². The Bertz CT molecular complexity index is 1050. The first-order valence-corrected chi connectivity index (χ1v) is 9.68. The Kier molecular flexibility index (Phi) is 4.92. The number of carbonyl (C=O) groups excluding carboxylic acids is 2. The lowest BCUT2D eigenvalue weighted by Crippen LogP contribution is -2.39. The zero-order chi connectivity index (χ0) is 20.5. The zero-order valence-electron chi connectivity index (χ0n) is 16.7. The summed E-state index contributed by atoms with van der Waals surface area (Å²) in [7, 11) is 0. The van der Waals surface area contributed by atoms with Crippen molar-refractivity contribution in [2.75, 3.05) is 11.4 Å². The number of esters is 1. The van der Waals surface area contributed by atoms with E-state index in [4.69, 9.17) is 4.74 Å². The van der Waals surface area contributed by atoms with E-state index >= 15 is 0 Å². The first-order chi connectivity index (χ1) is 13.9. The normalized spacial score (nSPS) is 13.8. The number of H-pyrrole nitrogens is 1. The number of aromatic nitrogens is 2. The molecule has 1 amide bonds. The van der Waals surface area contributed by atoms with Crippen LogP contribution in [-0.4, -0.2) is 34.5 Å². The lowest BCUT2D eigenvalue weighted by molar-refractivity contribution is -0.126. The molecular formula is C23H23N3O3. The van der Waals surface area contributed by atoms with Crippen LogP contribution in [0.15, 0.2) is 48.5 Å². The number of fused-ring (bicyclic) bond motifs is 1. The Balaban J connectivity index is 1.43. The van der Waals surface area contributed by atoms with Crippen molar-refractivity contribution < 1.29 is 14.3 Å². The second kappa shape index (κ2) is 7.54. The summed E-state index contributed by atoms with van der Waals surface area (Å²) >= 11 is 0. The van der Waals surface area contributed by atoms with Crippen LogP contribution < -0.4 is 4.90 Å². The predicted molar refractivity (Wildman–Crippen MR) is 111 cm³/mol. The summed E-state index contributed by atoms with van der Waals surface area (Å²) in [5, 5.41) is 0. The van der Waals surface area contributed by atoms with Gasteiger partial charge in [-0.2, -0.15) is 0 Å². The minimum absolute atomic E-state index is 0.207. The van der Waals surface area contributed by atoms with E-state index in [9.17, 15) is 9.59 Å². The molecule has 6 nitrogen and oxygen atoms in total. The van der Waals surface area contributed by atoms with Crippen LogP contribution in [0.1, 0.15) is 34.2 Å². The van der Waals surface area contributed by atoms with Crippen molar-refractivity contribution in [2.24, 2.45) is 0 Å². The third kappa shape index (κ3) is 3.66. The molecule has 1 unspecified atom stereocenters. The second-order valence-electron chi connectivity index (χ2n) is 7.29. The van der Waals surface area contributed by atoms with Gasteiger partial charge in [-0.3, -0.25) is 4.79 Å². The number of aryl methyl sites for hydroxylation is 2. The average Bonchev–Trinajstić information content (AvgIpc) is 3.31. The molecule has 1 aliphatic rings. The van der Waals surface area contributed by atoms with Gasteiger partial charge in [0.25, 0.3) is 5.91 Å². The van der Waals surface area contributed by atoms with Crippen molar-refractivity contribution in [1.82, 2.24) is 9.97 Å². The van der Waals surface area contributed by atoms with Crippen molar-refractivity contribution in [3.05, 3.63) is 71.0 Å². The molecule has 1 aromatic heterocycles. The maximum Gasteiger partial charge on any atom is 0.338 e. The average molecular weight is 389 g/mol. The van der Waals surface area contributed by atoms with E-state index in [1.807, 2.05) is 50.2 Å². The molecule has 0 bridgehead atoms. The standard InChI is InChI=1S/C23H23N3O3/c1-14-15(2)25-21(24-14)18-8-10-19(11-9-18)23(28)29-16(3)22(27)26-13-12-17-6-4-5-7-20(17)26/h4-11,16H,12-13H2,1-3H3,(H,24,25). The van der Waals surface area contributed by atoms with Gasteiger partial charge in [0, 0.05) is 23.5 Å². The fraction of sp³-hybridized carbons (Fsp3) is 0.261. The first-order valence-electron chi connectivity index (χ1n) is 9.68. The number of carbonyl (C=O) groups is 2. The van der Waals surface area contributed by atoms with Crippen LogP contribution in [0.3, 0.4) is 0 Å². The maximum absolute atomic E-state index is 12.8. The summed E-state index contributed by atoms with van der Waals surface area (Å²) in [5.41, 5.74) is 5.27. The smallest absolute Gasteiger partial charge is 0.338 e.